The standard InChI is InChI=1S/C6H10N2O/c1-2-9-3-6-5(1)7-4-8-6/h1,6-8H,2-4H2. The zero-order chi connectivity index (χ0) is 6.10. The first-order valence-electron chi connectivity index (χ1n) is 3.22. The van der Waals surface area contributed by atoms with E-state index in [1.807, 2.05) is 0 Å². The fourth-order valence-electron chi connectivity index (χ4n) is 1.21. The van der Waals surface area contributed by atoms with Crippen molar-refractivity contribution in [1.82, 2.24) is 10.6 Å². The molecule has 0 aliphatic carbocycles. The summed E-state index contributed by atoms with van der Waals surface area (Å²) in [6.07, 6.45) is 2.09. The molecule has 0 aromatic rings. The Morgan fingerprint density at radius 2 is 2.67 bits per heavy atom. The van der Waals surface area contributed by atoms with Crippen LogP contribution in [0.3, 0.4) is 0 Å². The van der Waals surface area contributed by atoms with Crippen molar-refractivity contribution in [2.75, 3.05) is 19.9 Å². The normalized spacial score (nSPS) is 32.9. The van der Waals surface area contributed by atoms with Crippen molar-refractivity contribution in [1.29, 1.82) is 0 Å². The lowest BCUT2D eigenvalue weighted by Gasteiger charge is -2.15. The minimum atomic E-state index is 0.443. The van der Waals surface area contributed by atoms with Crippen LogP contribution in [0.25, 0.3) is 0 Å². The molecule has 0 amide bonds. The van der Waals surface area contributed by atoms with E-state index in [4.69, 9.17) is 4.74 Å². The molecule has 3 heteroatoms. The molecule has 2 N–H and O–H groups in total. The van der Waals surface area contributed by atoms with Gasteiger partial charge in [-0.05, 0) is 6.08 Å². The predicted octanol–water partition coefficient (Wildman–Crippen LogP) is -0.581. The lowest BCUT2D eigenvalue weighted by Crippen LogP contribution is -2.30. The highest BCUT2D eigenvalue weighted by Crippen LogP contribution is 2.08. The van der Waals surface area contributed by atoms with Gasteiger partial charge in [0.05, 0.1) is 25.9 Å². The van der Waals surface area contributed by atoms with E-state index in [-0.39, 0.29) is 0 Å². The van der Waals surface area contributed by atoms with Crippen molar-refractivity contribution in [3.8, 4) is 0 Å². The van der Waals surface area contributed by atoms with E-state index in [2.05, 4.69) is 16.7 Å². The molecule has 1 atom stereocenters. The summed E-state index contributed by atoms with van der Waals surface area (Å²) in [5, 5.41) is 6.48. The zero-order valence-electron chi connectivity index (χ0n) is 5.18. The number of ether oxygens (including phenoxy) is 1. The quantitative estimate of drug-likeness (QED) is 0.455. The van der Waals surface area contributed by atoms with Gasteiger partial charge in [-0.15, -0.1) is 0 Å². The maximum Gasteiger partial charge on any atom is 0.0718 e. The van der Waals surface area contributed by atoms with Gasteiger partial charge in [-0.2, -0.15) is 0 Å². The summed E-state index contributed by atoms with van der Waals surface area (Å²) < 4.78 is 5.20. The third kappa shape index (κ3) is 0.821. The first-order valence-corrected chi connectivity index (χ1v) is 3.22. The van der Waals surface area contributed by atoms with E-state index in [0.717, 1.165) is 19.9 Å². The van der Waals surface area contributed by atoms with E-state index in [9.17, 15) is 0 Å². The molecule has 50 valence electrons. The molecule has 0 aromatic heterocycles. The first kappa shape index (κ1) is 5.26. The molecule has 1 unspecified atom stereocenters. The summed E-state index contributed by atoms with van der Waals surface area (Å²) in [6.45, 7) is 2.47. The van der Waals surface area contributed by atoms with Gasteiger partial charge in [-0.3, -0.25) is 5.32 Å². The Hall–Kier alpha value is -0.540. The summed E-state index contributed by atoms with van der Waals surface area (Å²) >= 11 is 0. The van der Waals surface area contributed by atoms with E-state index in [0.29, 0.717) is 6.04 Å². The number of hydrogen-bond acceptors (Lipinski definition) is 3. The van der Waals surface area contributed by atoms with E-state index >= 15 is 0 Å². The fourth-order valence-corrected chi connectivity index (χ4v) is 1.21. The second kappa shape index (κ2) is 2.01. The number of rotatable bonds is 0. The highest BCUT2D eigenvalue weighted by Gasteiger charge is 2.21. The van der Waals surface area contributed by atoms with Crippen molar-refractivity contribution >= 4 is 0 Å². The van der Waals surface area contributed by atoms with Crippen LogP contribution in [-0.2, 0) is 4.74 Å². The van der Waals surface area contributed by atoms with Gasteiger partial charge in [0, 0.05) is 5.70 Å². The maximum absolute atomic E-state index is 5.20. The summed E-state index contributed by atoms with van der Waals surface area (Å²) in [7, 11) is 0. The fraction of sp³-hybridized carbons (Fsp3) is 0.667. The smallest absolute Gasteiger partial charge is 0.0718 e. The van der Waals surface area contributed by atoms with Gasteiger partial charge in [-0.1, -0.05) is 0 Å². The van der Waals surface area contributed by atoms with Crippen LogP contribution in [0, 0.1) is 0 Å². The van der Waals surface area contributed by atoms with Crippen LogP contribution in [-0.4, -0.2) is 25.9 Å². The molecule has 3 nitrogen and oxygen atoms in total. The third-order valence-corrected chi connectivity index (χ3v) is 1.72. The van der Waals surface area contributed by atoms with E-state index in [1.54, 1.807) is 0 Å². The molecular formula is C6H10N2O. The summed E-state index contributed by atoms with van der Waals surface area (Å²) in [5.41, 5.74) is 1.31. The van der Waals surface area contributed by atoms with Gasteiger partial charge >= 0.3 is 0 Å². The van der Waals surface area contributed by atoms with Crippen LogP contribution in [0.5, 0.6) is 0 Å². The molecule has 0 bridgehead atoms. The molecule has 2 rings (SSSR count). The second-order valence-electron chi connectivity index (χ2n) is 2.31. The Kier molecular flexibility index (Phi) is 1.17. The van der Waals surface area contributed by atoms with Gasteiger partial charge in [0.15, 0.2) is 0 Å². The summed E-state index contributed by atoms with van der Waals surface area (Å²) in [5.74, 6) is 0. The van der Waals surface area contributed by atoms with Crippen molar-refractivity contribution in [3.05, 3.63) is 11.8 Å². The largest absolute Gasteiger partial charge is 0.375 e. The van der Waals surface area contributed by atoms with Crippen molar-refractivity contribution in [2.24, 2.45) is 0 Å². The van der Waals surface area contributed by atoms with Crippen molar-refractivity contribution < 1.29 is 4.74 Å². The molecular weight excluding hydrogens is 116 g/mol. The third-order valence-electron chi connectivity index (χ3n) is 1.72. The number of hydrogen-bond donors (Lipinski definition) is 2. The lowest BCUT2D eigenvalue weighted by atomic mass is 10.2. The minimum absolute atomic E-state index is 0.443. The first-order chi connectivity index (χ1) is 4.47. The molecule has 2 aliphatic heterocycles. The van der Waals surface area contributed by atoms with Gasteiger partial charge < -0.3 is 10.1 Å². The molecule has 0 radical (unpaired) electrons. The molecule has 2 aliphatic rings. The molecule has 1 fully saturated rings. The Morgan fingerprint density at radius 1 is 1.67 bits per heavy atom. The Morgan fingerprint density at radius 3 is 3.56 bits per heavy atom. The Labute approximate surface area is 54.1 Å². The van der Waals surface area contributed by atoms with Gasteiger partial charge in [-0.25, -0.2) is 0 Å². The minimum Gasteiger partial charge on any atom is -0.375 e. The van der Waals surface area contributed by atoms with Crippen molar-refractivity contribution in [3.63, 3.8) is 0 Å². The van der Waals surface area contributed by atoms with Crippen molar-refractivity contribution in [2.45, 2.75) is 6.04 Å². The SMILES string of the molecule is C1=C2NCNC2COC1. The van der Waals surface area contributed by atoms with Crippen LogP contribution >= 0.6 is 0 Å². The van der Waals surface area contributed by atoms with E-state index < -0.39 is 0 Å². The predicted molar refractivity (Wildman–Crippen MR) is 33.8 cm³/mol. The van der Waals surface area contributed by atoms with Crippen LogP contribution in [0.1, 0.15) is 0 Å². The lowest BCUT2D eigenvalue weighted by molar-refractivity contribution is 0.138. The number of nitrogens with one attached hydrogen (secondary N) is 2. The van der Waals surface area contributed by atoms with Gasteiger partial charge in [0.1, 0.15) is 0 Å². The molecule has 0 aromatic carbocycles. The number of fused-ring (bicyclic) bond motifs is 1. The van der Waals surface area contributed by atoms with Gasteiger partial charge in [0.2, 0.25) is 0 Å². The summed E-state index contributed by atoms with van der Waals surface area (Å²) in [4.78, 5) is 0. The van der Waals surface area contributed by atoms with Crippen LogP contribution in [0.4, 0.5) is 0 Å². The summed E-state index contributed by atoms with van der Waals surface area (Å²) in [6, 6.07) is 0.443. The van der Waals surface area contributed by atoms with Crippen LogP contribution in [0.2, 0.25) is 0 Å². The average molecular weight is 126 g/mol. The van der Waals surface area contributed by atoms with Gasteiger partial charge in [0.25, 0.3) is 0 Å². The molecule has 2 heterocycles. The zero-order valence-corrected chi connectivity index (χ0v) is 5.18. The highest BCUT2D eigenvalue weighted by atomic mass is 16.5. The topological polar surface area (TPSA) is 33.3 Å². The average Bonchev–Trinajstić information content (AvgIpc) is 2.33. The monoisotopic (exact) mass is 126 g/mol. The molecule has 1 saturated heterocycles. The molecule has 0 spiro atoms. The second-order valence-corrected chi connectivity index (χ2v) is 2.31. The molecule has 9 heavy (non-hydrogen) atoms. The van der Waals surface area contributed by atoms with E-state index in [1.165, 1.54) is 5.70 Å². The highest BCUT2D eigenvalue weighted by molar-refractivity contribution is 5.14. The van der Waals surface area contributed by atoms with Crippen LogP contribution < -0.4 is 10.6 Å². The van der Waals surface area contributed by atoms with Crippen LogP contribution in [0.15, 0.2) is 11.8 Å². The molecule has 0 saturated carbocycles. The Balaban J connectivity index is 2.16. The maximum atomic E-state index is 5.20. The Bertz CT molecular complexity index is 144.